The molecule has 0 heterocycles. The predicted molar refractivity (Wildman–Crippen MR) is 127 cm³/mol. The maximum absolute atomic E-state index is 12.9. The van der Waals surface area contributed by atoms with Crippen molar-refractivity contribution in [2.75, 3.05) is 20.8 Å². The van der Waals surface area contributed by atoms with Crippen molar-refractivity contribution < 1.29 is 32.5 Å². The van der Waals surface area contributed by atoms with Gasteiger partial charge < -0.3 is 19.3 Å². The first-order valence-electron chi connectivity index (χ1n) is 10.5. The Hall–Kier alpha value is -3.56. The van der Waals surface area contributed by atoms with Crippen molar-refractivity contribution in [1.29, 1.82) is 0 Å². The van der Waals surface area contributed by atoms with Crippen LogP contribution in [-0.2, 0) is 23.1 Å². The molecular weight excluding hydrogens is 458 g/mol. The quantitative estimate of drug-likeness (QED) is 0.425. The number of carbonyl (C=O) groups is 1. The van der Waals surface area contributed by atoms with Gasteiger partial charge in [0.2, 0.25) is 10.0 Å². The smallest absolute Gasteiger partial charge is 0.336 e. The summed E-state index contributed by atoms with van der Waals surface area (Å²) in [7, 11) is -1.13. The highest BCUT2D eigenvalue weighted by Crippen LogP contribution is 2.30. The monoisotopic (exact) mass is 485 g/mol. The van der Waals surface area contributed by atoms with Gasteiger partial charge in [0.25, 0.3) is 0 Å². The van der Waals surface area contributed by atoms with Crippen LogP contribution in [0.5, 0.6) is 17.2 Å². The lowest BCUT2D eigenvalue weighted by molar-refractivity contribution is 0.0695. The van der Waals surface area contributed by atoms with Gasteiger partial charge in [-0.25, -0.2) is 17.9 Å². The molecule has 0 aliphatic carbocycles. The molecule has 34 heavy (non-hydrogen) atoms. The number of aromatic carboxylic acids is 1. The summed E-state index contributed by atoms with van der Waals surface area (Å²) in [5.41, 5.74) is 2.18. The lowest BCUT2D eigenvalue weighted by atomic mass is 10.1. The van der Waals surface area contributed by atoms with Gasteiger partial charge in [0.15, 0.2) is 11.5 Å². The Morgan fingerprint density at radius 1 is 0.912 bits per heavy atom. The van der Waals surface area contributed by atoms with E-state index >= 15 is 0 Å². The zero-order chi connectivity index (χ0) is 24.7. The summed E-state index contributed by atoms with van der Waals surface area (Å²) in [6.07, 6.45) is 0.383. The van der Waals surface area contributed by atoms with Gasteiger partial charge >= 0.3 is 5.97 Å². The highest BCUT2D eigenvalue weighted by Gasteiger charge is 2.23. The Morgan fingerprint density at radius 3 is 2.26 bits per heavy atom. The lowest BCUT2D eigenvalue weighted by Gasteiger charge is -2.14. The number of methoxy groups -OCH3 is 2. The molecule has 0 aliphatic rings. The second-order valence-corrected chi connectivity index (χ2v) is 9.27. The first-order chi connectivity index (χ1) is 16.2. The minimum Gasteiger partial charge on any atom is -0.495 e. The number of hydrogen-bond donors (Lipinski definition) is 2. The van der Waals surface area contributed by atoms with E-state index in [4.69, 9.17) is 14.2 Å². The molecule has 0 amide bonds. The highest BCUT2D eigenvalue weighted by molar-refractivity contribution is 7.89. The van der Waals surface area contributed by atoms with Gasteiger partial charge in [-0.1, -0.05) is 36.4 Å². The first-order valence-corrected chi connectivity index (χ1v) is 12.0. The predicted octanol–water partition coefficient (Wildman–Crippen LogP) is 3.81. The fraction of sp³-hybridized carbons (Fsp3) is 0.240. The Balaban J connectivity index is 1.68. The van der Waals surface area contributed by atoms with Crippen molar-refractivity contribution in [2.24, 2.45) is 0 Å². The van der Waals surface area contributed by atoms with Crippen molar-refractivity contribution >= 4 is 16.0 Å². The number of rotatable bonds is 11. The second-order valence-electron chi connectivity index (χ2n) is 7.53. The SMILES string of the molecule is COc1cc(CCNS(=O)(=O)c2cc(C(=O)O)c(C)cc2OC)ccc1OCc1ccccc1. The highest BCUT2D eigenvalue weighted by atomic mass is 32.2. The Bertz CT molecular complexity index is 1260. The largest absolute Gasteiger partial charge is 0.495 e. The molecule has 0 aliphatic heterocycles. The number of carboxylic acids is 1. The summed E-state index contributed by atoms with van der Waals surface area (Å²) in [4.78, 5) is 11.2. The maximum Gasteiger partial charge on any atom is 0.336 e. The normalized spacial score (nSPS) is 11.1. The van der Waals surface area contributed by atoms with Crippen molar-refractivity contribution in [3.63, 3.8) is 0 Å². The topological polar surface area (TPSA) is 111 Å². The molecule has 3 aromatic rings. The van der Waals surface area contributed by atoms with Crippen LogP contribution >= 0.6 is 0 Å². The average molecular weight is 486 g/mol. The van der Waals surface area contributed by atoms with E-state index in [2.05, 4.69) is 4.72 Å². The summed E-state index contributed by atoms with van der Waals surface area (Å²) in [5, 5.41) is 9.34. The number of hydrogen-bond acceptors (Lipinski definition) is 6. The second kappa shape index (κ2) is 11.0. The van der Waals surface area contributed by atoms with Crippen molar-refractivity contribution in [2.45, 2.75) is 24.8 Å². The van der Waals surface area contributed by atoms with Crippen LogP contribution in [0.25, 0.3) is 0 Å². The number of benzene rings is 3. The molecular formula is C25H27NO7S. The van der Waals surface area contributed by atoms with E-state index in [1.165, 1.54) is 13.2 Å². The minimum atomic E-state index is -4.00. The molecule has 0 saturated heterocycles. The third-order valence-electron chi connectivity index (χ3n) is 5.20. The zero-order valence-corrected chi connectivity index (χ0v) is 20.0. The molecule has 0 radical (unpaired) electrons. The summed E-state index contributed by atoms with van der Waals surface area (Å²) < 4.78 is 44.7. The van der Waals surface area contributed by atoms with Gasteiger partial charge in [0.05, 0.1) is 19.8 Å². The number of sulfonamides is 1. The van der Waals surface area contributed by atoms with Crippen LogP contribution in [0.4, 0.5) is 0 Å². The van der Waals surface area contributed by atoms with Crippen molar-refractivity contribution in [3.05, 3.63) is 82.9 Å². The van der Waals surface area contributed by atoms with E-state index in [9.17, 15) is 18.3 Å². The molecule has 180 valence electrons. The van der Waals surface area contributed by atoms with Crippen molar-refractivity contribution in [1.82, 2.24) is 4.72 Å². The lowest BCUT2D eigenvalue weighted by Crippen LogP contribution is -2.27. The van der Waals surface area contributed by atoms with E-state index in [1.807, 2.05) is 36.4 Å². The Labute approximate surface area is 199 Å². The van der Waals surface area contributed by atoms with E-state index in [0.717, 1.165) is 17.2 Å². The van der Waals surface area contributed by atoms with Crippen LogP contribution in [0.1, 0.15) is 27.0 Å². The fourth-order valence-electron chi connectivity index (χ4n) is 3.39. The van der Waals surface area contributed by atoms with Gasteiger partial charge in [-0.15, -0.1) is 0 Å². The molecule has 3 rings (SSSR count). The van der Waals surface area contributed by atoms with Gasteiger partial charge in [-0.3, -0.25) is 0 Å². The molecule has 0 saturated carbocycles. The summed E-state index contributed by atoms with van der Waals surface area (Å²) >= 11 is 0. The molecule has 2 N–H and O–H groups in total. The van der Waals surface area contributed by atoms with E-state index in [0.29, 0.717) is 30.1 Å². The minimum absolute atomic E-state index is 0.0802. The standard InChI is InChI=1S/C25H27NO7S/c1-17-13-23(32-3)24(15-20(17)25(27)28)34(29,30)26-12-11-18-9-10-21(22(14-18)31-2)33-16-19-7-5-4-6-8-19/h4-10,13-15,26H,11-12,16H2,1-3H3,(H,27,28). The van der Waals surface area contributed by atoms with Gasteiger partial charge in [-0.05, 0) is 54.3 Å². The molecule has 0 aromatic heterocycles. The van der Waals surface area contributed by atoms with Crippen LogP contribution in [0.15, 0.2) is 65.6 Å². The summed E-state index contributed by atoms with van der Waals surface area (Å²) in [6.45, 7) is 2.07. The molecule has 0 bridgehead atoms. The van der Waals surface area contributed by atoms with Crippen LogP contribution < -0.4 is 18.9 Å². The van der Waals surface area contributed by atoms with Crippen molar-refractivity contribution in [3.8, 4) is 17.2 Å². The fourth-order valence-corrected chi connectivity index (χ4v) is 4.60. The number of nitrogens with one attached hydrogen (secondary N) is 1. The third-order valence-corrected chi connectivity index (χ3v) is 6.68. The summed E-state index contributed by atoms with van der Waals surface area (Å²) in [5.74, 6) is -0.00118. The Kier molecular flexibility index (Phi) is 8.14. The number of aryl methyl sites for hydroxylation is 1. The molecule has 3 aromatic carbocycles. The maximum atomic E-state index is 12.9. The zero-order valence-electron chi connectivity index (χ0n) is 19.2. The van der Waals surface area contributed by atoms with Crippen LogP contribution in [-0.4, -0.2) is 40.3 Å². The average Bonchev–Trinajstić information content (AvgIpc) is 2.83. The third kappa shape index (κ3) is 6.06. The van der Waals surface area contributed by atoms with Gasteiger partial charge in [-0.2, -0.15) is 0 Å². The van der Waals surface area contributed by atoms with E-state index in [1.54, 1.807) is 26.2 Å². The number of carboxylic acid groups (broad SMARTS) is 1. The Morgan fingerprint density at radius 2 is 1.62 bits per heavy atom. The van der Waals surface area contributed by atoms with Gasteiger partial charge in [0, 0.05) is 6.54 Å². The molecule has 9 heteroatoms. The van der Waals surface area contributed by atoms with Crippen LogP contribution in [0.3, 0.4) is 0 Å². The molecule has 0 unspecified atom stereocenters. The molecule has 0 spiro atoms. The van der Waals surface area contributed by atoms with E-state index < -0.39 is 16.0 Å². The van der Waals surface area contributed by atoms with Crippen LogP contribution in [0, 0.1) is 6.92 Å². The van der Waals surface area contributed by atoms with E-state index in [-0.39, 0.29) is 22.8 Å². The first kappa shape index (κ1) is 25.1. The van der Waals surface area contributed by atoms with Gasteiger partial charge in [0.1, 0.15) is 17.3 Å². The number of ether oxygens (including phenoxy) is 3. The summed E-state index contributed by atoms with van der Waals surface area (Å²) in [6, 6.07) is 17.7. The molecule has 8 nitrogen and oxygen atoms in total. The van der Waals surface area contributed by atoms with Crippen LogP contribution in [0.2, 0.25) is 0 Å². The molecule has 0 atom stereocenters. The molecule has 0 fully saturated rings.